The number of sulfonamides is 1. The van der Waals surface area contributed by atoms with E-state index in [4.69, 9.17) is 4.42 Å². The summed E-state index contributed by atoms with van der Waals surface area (Å²) in [5, 5.41) is 9.71. The third-order valence-electron chi connectivity index (χ3n) is 3.69. The number of benzene rings is 2. The minimum absolute atomic E-state index is 0.0625. The molecule has 0 aliphatic rings. The highest BCUT2D eigenvalue weighted by molar-refractivity contribution is 7.92. The SMILES string of the molecule is Cc1nc(NS(=O)(=O)c2ccc(N=Cc3ccccc3O)cc2)oc1C. The van der Waals surface area contributed by atoms with Gasteiger partial charge in [-0.25, -0.2) is 13.1 Å². The quantitative estimate of drug-likeness (QED) is 0.667. The molecule has 3 rings (SSSR count). The first-order valence-corrected chi connectivity index (χ1v) is 9.22. The number of phenols is 1. The lowest BCUT2D eigenvalue weighted by Crippen LogP contribution is -2.13. The van der Waals surface area contributed by atoms with E-state index >= 15 is 0 Å². The van der Waals surface area contributed by atoms with Crippen LogP contribution in [-0.4, -0.2) is 24.7 Å². The van der Waals surface area contributed by atoms with E-state index in [0.717, 1.165) is 0 Å². The van der Waals surface area contributed by atoms with Crippen LogP contribution in [0, 0.1) is 13.8 Å². The molecule has 1 aromatic heterocycles. The van der Waals surface area contributed by atoms with Crippen LogP contribution < -0.4 is 4.72 Å². The summed E-state index contributed by atoms with van der Waals surface area (Å²) in [5.41, 5.74) is 1.74. The second-order valence-corrected chi connectivity index (χ2v) is 7.26. The molecule has 26 heavy (non-hydrogen) atoms. The van der Waals surface area contributed by atoms with Crippen LogP contribution in [0.5, 0.6) is 5.75 Å². The Labute approximate surface area is 151 Å². The van der Waals surface area contributed by atoms with E-state index in [-0.39, 0.29) is 16.7 Å². The van der Waals surface area contributed by atoms with Gasteiger partial charge in [0, 0.05) is 11.8 Å². The largest absolute Gasteiger partial charge is 0.507 e. The average Bonchev–Trinajstić information content (AvgIpc) is 2.91. The minimum Gasteiger partial charge on any atom is -0.507 e. The van der Waals surface area contributed by atoms with Gasteiger partial charge in [0.1, 0.15) is 11.5 Å². The Bertz CT molecular complexity index is 1030. The number of phenolic OH excluding ortho intramolecular Hbond substituents is 1. The predicted molar refractivity (Wildman–Crippen MR) is 98.6 cm³/mol. The molecule has 8 heteroatoms. The number of nitrogens with one attached hydrogen (secondary N) is 1. The van der Waals surface area contributed by atoms with Crippen LogP contribution >= 0.6 is 0 Å². The second-order valence-electron chi connectivity index (χ2n) is 5.58. The molecule has 1 heterocycles. The zero-order chi connectivity index (χ0) is 18.7. The maximum absolute atomic E-state index is 12.4. The molecule has 0 unspecified atom stereocenters. The van der Waals surface area contributed by atoms with E-state index in [1.807, 2.05) is 0 Å². The molecule has 0 spiro atoms. The Morgan fingerprint density at radius 1 is 1.12 bits per heavy atom. The summed E-state index contributed by atoms with van der Waals surface area (Å²) in [4.78, 5) is 8.30. The summed E-state index contributed by atoms with van der Waals surface area (Å²) in [7, 11) is -3.81. The van der Waals surface area contributed by atoms with Crippen molar-refractivity contribution in [1.82, 2.24) is 4.98 Å². The number of hydrogen-bond donors (Lipinski definition) is 2. The molecule has 0 atom stereocenters. The third kappa shape index (κ3) is 3.92. The highest BCUT2D eigenvalue weighted by Crippen LogP contribution is 2.21. The van der Waals surface area contributed by atoms with Gasteiger partial charge in [0.05, 0.1) is 16.3 Å². The molecule has 0 saturated carbocycles. The van der Waals surface area contributed by atoms with Crippen LogP contribution in [0.3, 0.4) is 0 Å². The fraction of sp³-hybridized carbons (Fsp3) is 0.111. The van der Waals surface area contributed by atoms with Gasteiger partial charge < -0.3 is 9.52 Å². The Balaban J connectivity index is 1.77. The molecule has 2 N–H and O–H groups in total. The highest BCUT2D eigenvalue weighted by atomic mass is 32.2. The van der Waals surface area contributed by atoms with E-state index in [9.17, 15) is 13.5 Å². The van der Waals surface area contributed by atoms with Crippen molar-refractivity contribution < 1.29 is 17.9 Å². The lowest BCUT2D eigenvalue weighted by atomic mass is 10.2. The number of aryl methyl sites for hydroxylation is 2. The fourth-order valence-electron chi connectivity index (χ4n) is 2.14. The second kappa shape index (κ2) is 7.01. The van der Waals surface area contributed by atoms with Crippen LogP contribution in [0.1, 0.15) is 17.0 Å². The molecule has 0 bridgehead atoms. The maximum atomic E-state index is 12.4. The van der Waals surface area contributed by atoms with Crippen molar-refractivity contribution in [2.45, 2.75) is 18.7 Å². The van der Waals surface area contributed by atoms with Crippen molar-refractivity contribution in [2.24, 2.45) is 4.99 Å². The number of hydrogen-bond acceptors (Lipinski definition) is 6. The highest BCUT2D eigenvalue weighted by Gasteiger charge is 2.17. The number of nitrogens with zero attached hydrogens (tertiary/aromatic N) is 2. The van der Waals surface area contributed by atoms with Crippen molar-refractivity contribution >= 4 is 27.9 Å². The molecule has 134 valence electrons. The van der Waals surface area contributed by atoms with E-state index in [1.54, 1.807) is 50.2 Å². The van der Waals surface area contributed by atoms with Gasteiger partial charge in [0.2, 0.25) is 0 Å². The number of rotatable bonds is 5. The first kappa shape index (κ1) is 17.7. The van der Waals surface area contributed by atoms with Gasteiger partial charge >= 0.3 is 6.01 Å². The number of aliphatic imine (C=N–C) groups is 1. The average molecular weight is 371 g/mol. The van der Waals surface area contributed by atoms with E-state index in [0.29, 0.717) is 22.7 Å². The maximum Gasteiger partial charge on any atom is 0.309 e. The van der Waals surface area contributed by atoms with Crippen molar-refractivity contribution in [1.29, 1.82) is 0 Å². The Hall–Kier alpha value is -3.13. The van der Waals surface area contributed by atoms with Crippen LogP contribution in [0.15, 0.2) is 62.8 Å². The summed E-state index contributed by atoms with van der Waals surface area (Å²) in [6.07, 6.45) is 1.51. The molecule has 3 aromatic rings. The minimum atomic E-state index is -3.81. The Morgan fingerprint density at radius 3 is 2.42 bits per heavy atom. The Kier molecular flexibility index (Phi) is 4.77. The number of aromatic hydroxyl groups is 1. The zero-order valence-corrected chi connectivity index (χ0v) is 15.0. The number of oxazole rings is 1. The third-order valence-corrected chi connectivity index (χ3v) is 5.02. The van der Waals surface area contributed by atoms with Gasteiger partial charge in [0.25, 0.3) is 10.0 Å². The molecule has 0 fully saturated rings. The monoisotopic (exact) mass is 371 g/mol. The lowest BCUT2D eigenvalue weighted by Gasteiger charge is -2.04. The molecular weight excluding hydrogens is 354 g/mol. The number of anilines is 1. The summed E-state index contributed by atoms with van der Waals surface area (Å²) in [5.74, 6) is 0.674. The summed E-state index contributed by atoms with van der Waals surface area (Å²) < 4.78 is 32.3. The zero-order valence-electron chi connectivity index (χ0n) is 14.2. The van der Waals surface area contributed by atoms with Crippen molar-refractivity contribution in [3.63, 3.8) is 0 Å². The molecule has 0 amide bonds. The standard InChI is InChI=1S/C18H17N3O4S/c1-12-13(2)25-18(20-12)21-26(23,24)16-9-7-15(8-10-16)19-11-14-5-3-4-6-17(14)22/h3-11,22H,1-2H3,(H,20,21). The molecule has 0 aliphatic heterocycles. The van der Waals surface area contributed by atoms with Crippen LogP contribution in [-0.2, 0) is 10.0 Å². The number of aromatic nitrogens is 1. The van der Waals surface area contributed by atoms with Crippen LogP contribution in [0.4, 0.5) is 11.7 Å². The van der Waals surface area contributed by atoms with Crippen molar-refractivity contribution in [3.8, 4) is 5.75 Å². The predicted octanol–water partition coefficient (Wildman–Crippen LogP) is 3.55. The summed E-state index contributed by atoms with van der Waals surface area (Å²) >= 11 is 0. The molecule has 2 aromatic carbocycles. The molecule has 0 aliphatic carbocycles. The van der Waals surface area contributed by atoms with E-state index in [1.165, 1.54) is 18.3 Å². The first-order chi connectivity index (χ1) is 12.3. The van der Waals surface area contributed by atoms with Gasteiger partial charge in [-0.1, -0.05) is 12.1 Å². The van der Waals surface area contributed by atoms with Crippen molar-refractivity contribution in [3.05, 3.63) is 65.5 Å². The topological polar surface area (TPSA) is 105 Å². The normalized spacial score (nSPS) is 11.8. The smallest absolute Gasteiger partial charge is 0.309 e. The molecule has 0 saturated heterocycles. The van der Waals surface area contributed by atoms with Gasteiger partial charge in [-0.2, -0.15) is 4.98 Å². The van der Waals surface area contributed by atoms with Crippen molar-refractivity contribution in [2.75, 3.05) is 4.72 Å². The summed E-state index contributed by atoms with van der Waals surface area (Å²) in [6, 6.07) is 12.7. The summed E-state index contributed by atoms with van der Waals surface area (Å²) in [6.45, 7) is 3.44. The van der Waals surface area contributed by atoms with E-state index < -0.39 is 10.0 Å². The fourth-order valence-corrected chi connectivity index (χ4v) is 3.07. The van der Waals surface area contributed by atoms with Gasteiger partial charge in [-0.15, -0.1) is 0 Å². The van der Waals surface area contributed by atoms with Gasteiger partial charge in [-0.05, 0) is 50.2 Å². The lowest BCUT2D eigenvalue weighted by molar-refractivity contribution is 0.474. The molecular formula is C18H17N3O4S. The molecule has 0 radical (unpaired) electrons. The van der Waals surface area contributed by atoms with Gasteiger partial charge in [-0.3, -0.25) is 4.99 Å². The van der Waals surface area contributed by atoms with Gasteiger partial charge in [0.15, 0.2) is 0 Å². The van der Waals surface area contributed by atoms with E-state index in [2.05, 4.69) is 14.7 Å². The van der Waals surface area contributed by atoms with Crippen LogP contribution in [0.25, 0.3) is 0 Å². The Morgan fingerprint density at radius 2 is 1.81 bits per heavy atom. The number of para-hydroxylation sites is 1. The first-order valence-electron chi connectivity index (χ1n) is 7.74. The van der Waals surface area contributed by atoms with Crippen LogP contribution in [0.2, 0.25) is 0 Å². The molecule has 7 nitrogen and oxygen atoms in total.